The first-order valence-electron chi connectivity index (χ1n) is 10.1. The van der Waals surface area contributed by atoms with Gasteiger partial charge in [-0.25, -0.2) is 9.59 Å². The van der Waals surface area contributed by atoms with Crippen LogP contribution >= 0.6 is 0 Å². The van der Waals surface area contributed by atoms with Crippen molar-refractivity contribution in [1.82, 2.24) is 15.5 Å². The average molecular weight is 402 g/mol. The summed E-state index contributed by atoms with van der Waals surface area (Å²) >= 11 is 0. The Labute approximate surface area is 167 Å². The molecule has 0 aromatic carbocycles. The van der Waals surface area contributed by atoms with Crippen LogP contribution in [-0.4, -0.2) is 76.1 Å². The Balaban J connectivity index is 2.28. The van der Waals surface area contributed by atoms with Gasteiger partial charge in [0.15, 0.2) is 0 Å². The van der Waals surface area contributed by atoms with Crippen molar-refractivity contribution in [2.45, 2.75) is 51.6 Å². The maximum absolute atomic E-state index is 12.3. The zero-order valence-electron chi connectivity index (χ0n) is 17.3. The van der Waals surface area contributed by atoms with Crippen LogP contribution in [0.1, 0.15) is 45.4 Å². The second-order valence-electron chi connectivity index (χ2n) is 6.91. The molecule has 0 saturated carbocycles. The molecule has 0 atom stereocenters. The van der Waals surface area contributed by atoms with Gasteiger partial charge in [-0.15, -0.1) is 0 Å². The highest BCUT2D eigenvalue weighted by atomic mass is 16.6. The van der Waals surface area contributed by atoms with Gasteiger partial charge in [0.25, 0.3) is 0 Å². The maximum Gasteiger partial charge on any atom is 0.406 e. The van der Waals surface area contributed by atoms with Gasteiger partial charge in [0.2, 0.25) is 5.91 Å². The highest BCUT2D eigenvalue weighted by Crippen LogP contribution is 2.22. The molecule has 28 heavy (non-hydrogen) atoms. The summed E-state index contributed by atoms with van der Waals surface area (Å²) in [4.78, 5) is 36.7. The number of hydrogen-bond acceptors (Lipinski definition) is 6. The molecule has 0 radical (unpaired) electrons. The third kappa shape index (κ3) is 9.77. The maximum atomic E-state index is 12.3. The minimum Gasteiger partial charge on any atom is -0.447 e. The summed E-state index contributed by atoms with van der Waals surface area (Å²) < 4.78 is 15.6. The van der Waals surface area contributed by atoms with E-state index in [2.05, 4.69) is 17.6 Å². The van der Waals surface area contributed by atoms with Crippen molar-refractivity contribution in [1.29, 1.82) is 0 Å². The number of piperidine rings is 1. The molecule has 0 bridgehead atoms. The lowest BCUT2D eigenvalue weighted by atomic mass is 9.92. The molecule has 0 spiro atoms. The minimum atomic E-state index is -0.588. The Morgan fingerprint density at radius 1 is 1.04 bits per heavy atom. The molecule has 1 rings (SSSR count). The van der Waals surface area contributed by atoms with Crippen LogP contribution in [0, 0.1) is 5.92 Å². The van der Waals surface area contributed by atoms with E-state index < -0.39 is 18.3 Å². The predicted octanol–water partition coefficient (Wildman–Crippen LogP) is 1.90. The first kappa shape index (κ1) is 24.0. The summed E-state index contributed by atoms with van der Waals surface area (Å²) in [6.45, 7) is 4.10. The standard InChI is InChI=1S/C19H35N3O6/c1-4-6-15-8-10-22(11-9-15)17(23)7-5-12-26-16(13-27-18(24)20-2)14-28-19(25)21-3/h15-16H,4-14H2,1-3H3,(H,20,24)(H,21,25). The summed E-state index contributed by atoms with van der Waals surface area (Å²) in [7, 11) is 2.91. The number of ether oxygens (including phenoxy) is 3. The van der Waals surface area contributed by atoms with E-state index in [1.54, 1.807) is 0 Å². The number of rotatable bonds is 11. The summed E-state index contributed by atoms with van der Waals surface area (Å²) in [6.07, 6.45) is 3.83. The Kier molecular flexibility index (Phi) is 12.0. The number of carbonyl (C=O) groups excluding carboxylic acids is 3. The topological polar surface area (TPSA) is 106 Å². The molecule has 2 N–H and O–H groups in total. The van der Waals surface area contributed by atoms with E-state index in [-0.39, 0.29) is 19.1 Å². The molecule has 9 heteroatoms. The smallest absolute Gasteiger partial charge is 0.406 e. The Morgan fingerprint density at radius 3 is 2.11 bits per heavy atom. The number of amides is 3. The lowest BCUT2D eigenvalue weighted by molar-refractivity contribution is -0.133. The molecular formula is C19H35N3O6. The van der Waals surface area contributed by atoms with Crippen molar-refractivity contribution >= 4 is 18.1 Å². The zero-order valence-corrected chi connectivity index (χ0v) is 17.3. The third-order valence-corrected chi connectivity index (χ3v) is 4.76. The van der Waals surface area contributed by atoms with E-state index in [0.29, 0.717) is 19.4 Å². The Bertz CT molecular complexity index is 460. The molecule has 0 aromatic rings. The molecule has 0 aromatic heterocycles. The van der Waals surface area contributed by atoms with Crippen molar-refractivity contribution in [2.24, 2.45) is 5.92 Å². The summed E-state index contributed by atoms with van der Waals surface area (Å²) in [5.41, 5.74) is 0. The van der Waals surface area contributed by atoms with Gasteiger partial charge < -0.3 is 29.7 Å². The van der Waals surface area contributed by atoms with Crippen molar-refractivity contribution in [3.05, 3.63) is 0 Å². The van der Waals surface area contributed by atoms with Gasteiger partial charge >= 0.3 is 12.2 Å². The lowest BCUT2D eigenvalue weighted by Gasteiger charge is -2.32. The average Bonchev–Trinajstić information content (AvgIpc) is 2.72. The number of nitrogens with zero attached hydrogens (tertiary/aromatic N) is 1. The van der Waals surface area contributed by atoms with Crippen LogP contribution in [0.3, 0.4) is 0 Å². The quantitative estimate of drug-likeness (QED) is 0.512. The van der Waals surface area contributed by atoms with Gasteiger partial charge in [-0.2, -0.15) is 0 Å². The molecule has 0 aliphatic carbocycles. The SMILES string of the molecule is CCCC1CCN(C(=O)CCCOC(COC(=O)NC)COC(=O)NC)CC1. The molecular weight excluding hydrogens is 366 g/mol. The molecule has 1 fully saturated rings. The van der Waals surface area contributed by atoms with Crippen LogP contribution < -0.4 is 10.6 Å². The van der Waals surface area contributed by atoms with E-state index in [4.69, 9.17) is 14.2 Å². The number of alkyl carbamates (subject to hydrolysis) is 2. The second-order valence-corrected chi connectivity index (χ2v) is 6.91. The van der Waals surface area contributed by atoms with Crippen LogP contribution in [-0.2, 0) is 19.0 Å². The van der Waals surface area contributed by atoms with Crippen LogP contribution in [0.4, 0.5) is 9.59 Å². The van der Waals surface area contributed by atoms with Gasteiger partial charge in [-0.05, 0) is 25.2 Å². The lowest BCUT2D eigenvalue weighted by Crippen LogP contribution is -2.38. The number of hydrogen-bond donors (Lipinski definition) is 2. The normalized spacial score (nSPS) is 14.6. The number of nitrogens with one attached hydrogen (secondary N) is 2. The van der Waals surface area contributed by atoms with Gasteiger partial charge in [-0.1, -0.05) is 19.8 Å². The van der Waals surface area contributed by atoms with Crippen LogP contribution in [0.5, 0.6) is 0 Å². The van der Waals surface area contributed by atoms with Crippen molar-refractivity contribution in [3.63, 3.8) is 0 Å². The van der Waals surface area contributed by atoms with E-state index in [1.165, 1.54) is 26.9 Å². The van der Waals surface area contributed by atoms with E-state index in [9.17, 15) is 14.4 Å². The molecule has 1 aliphatic rings. The van der Waals surface area contributed by atoms with E-state index >= 15 is 0 Å². The summed E-state index contributed by atoms with van der Waals surface area (Å²) in [5.74, 6) is 0.900. The fraction of sp³-hybridized carbons (Fsp3) is 0.842. The Hall–Kier alpha value is -2.03. The molecule has 3 amide bonds. The fourth-order valence-corrected chi connectivity index (χ4v) is 3.14. The molecule has 1 saturated heterocycles. The molecule has 1 heterocycles. The van der Waals surface area contributed by atoms with Gasteiger partial charge in [0.1, 0.15) is 19.3 Å². The van der Waals surface area contributed by atoms with Crippen LogP contribution in [0.25, 0.3) is 0 Å². The number of carbonyl (C=O) groups is 3. The molecule has 9 nitrogen and oxygen atoms in total. The fourth-order valence-electron chi connectivity index (χ4n) is 3.14. The van der Waals surface area contributed by atoms with Crippen LogP contribution in [0.2, 0.25) is 0 Å². The monoisotopic (exact) mass is 401 g/mol. The van der Waals surface area contributed by atoms with E-state index in [0.717, 1.165) is 31.8 Å². The molecule has 1 aliphatic heterocycles. The van der Waals surface area contributed by atoms with Crippen molar-refractivity contribution < 1.29 is 28.6 Å². The molecule has 0 unspecified atom stereocenters. The first-order valence-corrected chi connectivity index (χ1v) is 10.1. The van der Waals surface area contributed by atoms with Crippen LogP contribution in [0.15, 0.2) is 0 Å². The zero-order chi connectivity index (χ0) is 20.8. The highest BCUT2D eigenvalue weighted by Gasteiger charge is 2.22. The minimum absolute atomic E-state index is 0.0461. The Morgan fingerprint density at radius 2 is 1.61 bits per heavy atom. The largest absolute Gasteiger partial charge is 0.447 e. The van der Waals surface area contributed by atoms with Gasteiger partial charge in [0, 0.05) is 40.2 Å². The first-order chi connectivity index (χ1) is 13.5. The van der Waals surface area contributed by atoms with Gasteiger partial charge in [0.05, 0.1) is 0 Å². The van der Waals surface area contributed by atoms with Crippen molar-refractivity contribution in [3.8, 4) is 0 Å². The second kappa shape index (κ2) is 14.0. The molecule has 162 valence electrons. The summed E-state index contributed by atoms with van der Waals surface area (Å²) in [6, 6.07) is 0. The predicted molar refractivity (Wildman–Crippen MR) is 104 cm³/mol. The van der Waals surface area contributed by atoms with E-state index in [1.807, 2.05) is 4.90 Å². The number of likely N-dealkylation sites (tertiary alicyclic amines) is 1. The van der Waals surface area contributed by atoms with Crippen molar-refractivity contribution in [2.75, 3.05) is 47.0 Å². The van der Waals surface area contributed by atoms with Gasteiger partial charge in [-0.3, -0.25) is 4.79 Å². The highest BCUT2D eigenvalue weighted by molar-refractivity contribution is 5.76. The third-order valence-electron chi connectivity index (χ3n) is 4.76. The summed E-state index contributed by atoms with van der Waals surface area (Å²) in [5, 5.41) is 4.68.